The van der Waals surface area contributed by atoms with E-state index in [0.717, 1.165) is 6.42 Å². The van der Waals surface area contributed by atoms with E-state index in [9.17, 15) is 13.2 Å². The first-order valence-corrected chi connectivity index (χ1v) is 10.1. The number of amides is 1. The van der Waals surface area contributed by atoms with Crippen LogP contribution in [0.5, 0.6) is 11.5 Å². The fraction of sp³-hybridized carbons (Fsp3) is 0.562. The Morgan fingerprint density at radius 1 is 1.12 bits per heavy atom. The van der Waals surface area contributed by atoms with Crippen LogP contribution in [-0.2, 0) is 14.8 Å². The molecule has 10 heteroatoms. The normalized spacial score (nSPS) is 26.3. The van der Waals surface area contributed by atoms with Crippen LogP contribution in [0.15, 0.2) is 23.1 Å². The molecule has 142 valence electrons. The number of fused-ring (bicyclic) bond motifs is 1. The summed E-state index contributed by atoms with van der Waals surface area (Å²) in [5.41, 5.74) is 6.03. The average Bonchev–Trinajstić information content (AvgIpc) is 3.29. The summed E-state index contributed by atoms with van der Waals surface area (Å²) in [6.45, 7) is 3.43. The number of sulfonamides is 1. The summed E-state index contributed by atoms with van der Waals surface area (Å²) < 4.78 is 37.6. The topological polar surface area (TPSA) is 100 Å². The number of nitrogens with one attached hydrogen (secondary N) is 2. The fourth-order valence-electron chi connectivity index (χ4n) is 3.43. The van der Waals surface area contributed by atoms with Gasteiger partial charge in [0.15, 0.2) is 11.5 Å². The summed E-state index contributed by atoms with van der Waals surface area (Å²) in [4.78, 5) is 14.4. The van der Waals surface area contributed by atoms with E-state index in [4.69, 9.17) is 9.47 Å². The third-order valence-electron chi connectivity index (χ3n) is 4.92. The second-order valence-corrected chi connectivity index (χ2v) is 8.66. The molecular formula is C16H22N4O5S. The maximum absolute atomic E-state index is 12.9. The number of piperazine rings is 1. The fourth-order valence-corrected chi connectivity index (χ4v) is 4.87. The Morgan fingerprint density at radius 2 is 1.85 bits per heavy atom. The Hall–Kier alpha value is -1.88. The number of ether oxygens (including phenoxy) is 2. The molecule has 0 aliphatic carbocycles. The molecule has 0 spiro atoms. The zero-order chi connectivity index (χ0) is 18.3. The quantitative estimate of drug-likeness (QED) is 0.727. The molecule has 1 aromatic carbocycles. The third kappa shape index (κ3) is 3.13. The molecule has 2 N–H and O–H groups in total. The van der Waals surface area contributed by atoms with Crippen LogP contribution in [-0.4, -0.2) is 68.6 Å². The van der Waals surface area contributed by atoms with E-state index in [1.165, 1.54) is 16.4 Å². The Labute approximate surface area is 152 Å². The van der Waals surface area contributed by atoms with Crippen LogP contribution in [0.1, 0.15) is 13.3 Å². The smallest absolute Gasteiger partial charge is 0.243 e. The zero-order valence-corrected chi connectivity index (χ0v) is 15.3. The average molecular weight is 382 g/mol. The number of benzene rings is 1. The number of hydrogen-bond donors (Lipinski definition) is 2. The minimum Gasteiger partial charge on any atom is -0.454 e. The first-order valence-electron chi connectivity index (χ1n) is 8.65. The molecule has 2 saturated heterocycles. The van der Waals surface area contributed by atoms with E-state index in [-0.39, 0.29) is 42.8 Å². The van der Waals surface area contributed by atoms with Crippen LogP contribution in [0.2, 0.25) is 0 Å². The van der Waals surface area contributed by atoms with E-state index in [0.29, 0.717) is 24.6 Å². The van der Waals surface area contributed by atoms with Gasteiger partial charge >= 0.3 is 0 Å². The van der Waals surface area contributed by atoms with Crippen molar-refractivity contribution in [2.75, 3.05) is 33.0 Å². The molecular weight excluding hydrogens is 360 g/mol. The summed E-state index contributed by atoms with van der Waals surface area (Å²) in [5, 5.41) is 0. The van der Waals surface area contributed by atoms with Gasteiger partial charge in [0.2, 0.25) is 22.7 Å². The predicted octanol–water partition coefficient (Wildman–Crippen LogP) is -0.497. The van der Waals surface area contributed by atoms with Gasteiger partial charge in [0.1, 0.15) is 6.04 Å². The minimum atomic E-state index is -3.63. The first kappa shape index (κ1) is 17.5. The first-order chi connectivity index (χ1) is 12.4. The molecule has 3 heterocycles. The molecule has 26 heavy (non-hydrogen) atoms. The highest BCUT2D eigenvalue weighted by molar-refractivity contribution is 7.89. The lowest BCUT2D eigenvalue weighted by Crippen LogP contribution is -2.54. The summed E-state index contributed by atoms with van der Waals surface area (Å²) in [5.74, 6) is 1.00. The maximum Gasteiger partial charge on any atom is 0.243 e. The molecule has 1 aromatic rings. The van der Waals surface area contributed by atoms with Gasteiger partial charge in [-0.2, -0.15) is 4.31 Å². The van der Waals surface area contributed by atoms with Crippen molar-refractivity contribution in [2.24, 2.45) is 0 Å². The highest BCUT2D eigenvalue weighted by atomic mass is 32.2. The molecule has 0 radical (unpaired) electrons. The predicted molar refractivity (Wildman–Crippen MR) is 92.0 cm³/mol. The number of nitrogens with zero attached hydrogens (tertiary/aromatic N) is 2. The van der Waals surface area contributed by atoms with E-state index < -0.39 is 10.0 Å². The molecule has 3 aliphatic heterocycles. The number of hydrogen-bond acceptors (Lipinski definition) is 7. The van der Waals surface area contributed by atoms with Crippen molar-refractivity contribution in [3.8, 4) is 11.5 Å². The lowest BCUT2D eigenvalue weighted by Gasteiger charge is -2.35. The molecule has 1 amide bonds. The Balaban J connectivity index is 1.41. The van der Waals surface area contributed by atoms with Crippen molar-refractivity contribution in [3.63, 3.8) is 0 Å². The largest absolute Gasteiger partial charge is 0.454 e. The van der Waals surface area contributed by atoms with Crippen molar-refractivity contribution in [2.45, 2.75) is 30.3 Å². The Bertz CT molecular complexity index is 807. The van der Waals surface area contributed by atoms with Gasteiger partial charge in [-0.25, -0.2) is 13.8 Å². The molecule has 2 atom stereocenters. The second-order valence-electron chi connectivity index (χ2n) is 6.72. The number of hydrazine groups is 1. The standard InChI is InChI=1S/C16H22N4O5S/c1-11-8-13(18-17-11)16(21)19-4-6-20(7-5-19)26(22,23)12-2-3-14-15(9-12)25-10-24-14/h2-3,9,11,13,17-18H,4-8,10H2,1H3. The van der Waals surface area contributed by atoms with E-state index in [1.54, 1.807) is 11.0 Å². The van der Waals surface area contributed by atoms with Crippen LogP contribution in [0.3, 0.4) is 0 Å². The highest BCUT2D eigenvalue weighted by Crippen LogP contribution is 2.34. The van der Waals surface area contributed by atoms with Gasteiger partial charge < -0.3 is 14.4 Å². The molecule has 0 saturated carbocycles. The molecule has 0 bridgehead atoms. The van der Waals surface area contributed by atoms with Crippen LogP contribution in [0.4, 0.5) is 0 Å². The molecule has 3 aliphatic rings. The van der Waals surface area contributed by atoms with Crippen molar-refractivity contribution in [1.82, 2.24) is 20.1 Å². The minimum absolute atomic E-state index is 0.0157. The second kappa shape index (κ2) is 6.69. The van der Waals surface area contributed by atoms with Crippen molar-refractivity contribution in [1.29, 1.82) is 0 Å². The van der Waals surface area contributed by atoms with Gasteiger partial charge in [-0.05, 0) is 25.5 Å². The number of carbonyl (C=O) groups excluding carboxylic acids is 1. The van der Waals surface area contributed by atoms with Crippen molar-refractivity contribution < 1.29 is 22.7 Å². The van der Waals surface area contributed by atoms with Crippen LogP contribution in [0.25, 0.3) is 0 Å². The summed E-state index contributed by atoms with van der Waals surface area (Å²) >= 11 is 0. The lowest BCUT2D eigenvalue weighted by molar-refractivity contribution is -0.134. The molecule has 0 aromatic heterocycles. The summed E-state index contributed by atoms with van der Waals surface area (Å²) in [6, 6.07) is 4.62. The van der Waals surface area contributed by atoms with E-state index >= 15 is 0 Å². The summed E-state index contributed by atoms with van der Waals surface area (Å²) in [6.07, 6.45) is 0.731. The third-order valence-corrected chi connectivity index (χ3v) is 6.82. The van der Waals surface area contributed by atoms with Crippen molar-refractivity contribution >= 4 is 15.9 Å². The van der Waals surface area contributed by atoms with Crippen molar-refractivity contribution in [3.05, 3.63) is 18.2 Å². The number of rotatable bonds is 3. The van der Waals surface area contributed by atoms with Gasteiger partial charge in [-0.3, -0.25) is 10.2 Å². The molecule has 2 fully saturated rings. The van der Waals surface area contributed by atoms with Crippen LogP contribution in [0, 0.1) is 0 Å². The molecule has 4 rings (SSSR count). The molecule has 9 nitrogen and oxygen atoms in total. The van der Waals surface area contributed by atoms with Gasteiger partial charge in [0, 0.05) is 38.3 Å². The van der Waals surface area contributed by atoms with Gasteiger partial charge in [0.25, 0.3) is 0 Å². The van der Waals surface area contributed by atoms with Gasteiger partial charge in [0.05, 0.1) is 4.90 Å². The monoisotopic (exact) mass is 382 g/mol. The summed E-state index contributed by atoms with van der Waals surface area (Å²) in [7, 11) is -3.63. The van der Waals surface area contributed by atoms with Crippen LogP contribution < -0.4 is 20.3 Å². The van der Waals surface area contributed by atoms with E-state index in [2.05, 4.69) is 10.9 Å². The number of carbonyl (C=O) groups is 1. The zero-order valence-electron chi connectivity index (χ0n) is 14.5. The van der Waals surface area contributed by atoms with Crippen LogP contribution >= 0.6 is 0 Å². The lowest BCUT2D eigenvalue weighted by atomic mass is 10.1. The maximum atomic E-state index is 12.9. The van der Waals surface area contributed by atoms with E-state index in [1.807, 2.05) is 6.92 Å². The van der Waals surface area contributed by atoms with Gasteiger partial charge in [-0.1, -0.05) is 0 Å². The van der Waals surface area contributed by atoms with Gasteiger partial charge in [-0.15, -0.1) is 0 Å². The SMILES string of the molecule is CC1CC(C(=O)N2CCN(S(=O)(=O)c3ccc4c(c3)OCO4)CC2)NN1. The highest BCUT2D eigenvalue weighted by Gasteiger charge is 2.35. The Kier molecular flexibility index (Phi) is 4.51. The Morgan fingerprint density at radius 3 is 2.54 bits per heavy atom. The molecule has 2 unspecified atom stereocenters.